The van der Waals surface area contributed by atoms with Gasteiger partial charge in [-0.05, 0) is 19.8 Å². The van der Waals surface area contributed by atoms with Crippen LogP contribution in [0.1, 0.15) is 20.8 Å². The topological polar surface area (TPSA) is 47.7 Å². The molecular weight excluding hydrogens is 204 g/mol. The molecule has 0 aromatic rings. The Morgan fingerprint density at radius 2 is 2.19 bits per heavy atom. The van der Waals surface area contributed by atoms with Crippen LogP contribution in [0.5, 0.6) is 0 Å². The molecule has 2 atom stereocenters. The van der Waals surface area contributed by atoms with Crippen LogP contribution in [-0.4, -0.2) is 56.5 Å². The first kappa shape index (κ1) is 13.9. The second kappa shape index (κ2) is 5.96. The SMILES string of the molecule is COCC(C)C(CN)N1CCOCC1(C)C. The molecule has 1 heterocycles. The van der Waals surface area contributed by atoms with Gasteiger partial charge in [-0.1, -0.05) is 6.92 Å². The maximum atomic E-state index is 5.92. The van der Waals surface area contributed by atoms with Gasteiger partial charge in [0.25, 0.3) is 0 Å². The van der Waals surface area contributed by atoms with Gasteiger partial charge in [-0.15, -0.1) is 0 Å². The zero-order chi connectivity index (χ0) is 12.2. The predicted octanol–water partition coefficient (Wildman–Crippen LogP) is 0.707. The molecule has 96 valence electrons. The lowest BCUT2D eigenvalue weighted by atomic mass is 9.93. The third-order valence-electron chi connectivity index (χ3n) is 3.44. The van der Waals surface area contributed by atoms with Gasteiger partial charge >= 0.3 is 0 Å². The molecular formula is C12H26N2O2. The predicted molar refractivity (Wildman–Crippen MR) is 65.5 cm³/mol. The highest BCUT2D eigenvalue weighted by atomic mass is 16.5. The number of nitrogens with zero attached hydrogens (tertiary/aromatic N) is 1. The molecule has 0 spiro atoms. The van der Waals surface area contributed by atoms with Gasteiger partial charge < -0.3 is 15.2 Å². The van der Waals surface area contributed by atoms with Crippen LogP contribution in [0, 0.1) is 5.92 Å². The van der Waals surface area contributed by atoms with Crippen molar-refractivity contribution in [1.29, 1.82) is 0 Å². The average molecular weight is 230 g/mol. The van der Waals surface area contributed by atoms with Crippen molar-refractivity contribution in [2.45, 2.75) is 32.4 Å². The minimum absolute atomic E-state index is 0.0737. The Bertz CT molecular complexity index is 209. The Hall–Kier alpha value is -0.160. The van der Waals surface area contributed by atoms with E-state index >= 15 is 0 Å². The van der Waals surface area contributed by atoms with Gasteiger partial charge in [-0.25, -0.2) is 0 Å². The second-order valence-corrected chi connectivity index (χ2v) is 5.29. The molecule has 0 saturated carbocycles. The molecule has 1 aliphatic heterocycles. The Balaban J connectivity index is 2.69. The highest BCUT2D eigenvalue weighted by Gasteiger charge is 2.36. The first-order valence-electron chi connectivity index (χ1n) is 6.06. The lowest BCUT2D eigenvalue weighted by Gasteiger charge is -2.48. The first-order valence-corrected chi connectivity index (χ1v) is 6.06. The molecule has 4 nitrogen and oxygen atoms in total. The highest BCUT2D eigenvalue weighted by molar-refractivity contribution is 4.91. The average Bonchev–Trinajstić information content (AvgIpc) is 2.21. The van der Waals surface area contributed by atoms with Gasteiger partial charge in [-0.2, -0.15) is 0 Å². The molecule has 1 fully saturated rings. The second-order valence-electron chi connectivity index (χ2n) is 5.29. The summed E-state index contributed by atoms with van der Waals surface area (Å²) in [5.41, 5.74) is 5.99. The van der Waals surface area contributed by atoms with E-state index in [1.165, 1.54) is 0 Å². The first-order chi connectivity index (χ1) is 7.53. The van der Waals surface area contributed by atoms with Crippen molar-refractivity contribution >= 4 is 0 Å². The number of ether oxygens (including phenoxy) is 2. The number of rotatable bonds is 5. The van der Waals surface area contributed by atoms with Gasteiger partial charge in [0.05, 0.1) is 19.8 Å². The summed E-state index contributed by atoms with van der Waals surface area (Å²) in [7, 11) is 1.74. The summed E-state index contributed by atoms with van der Waals surface area (Å²) in [4.78, 5) is 2.47. The van der Waals surface area contributed by atoms with Crippen LogP contribution in [0.15, 0.2) is 0 Å². The molecule has 0 aliphatic carbocycles. The van der Waals surface area contributed by atoms with Crippen molar-refractivity contribution in [3.8, 4) is 0 Å². The van der Waals surface area contributed by atoms with Gasteiger partial charge in [0, 0.05) is 31.8 Å². The van der Waals surface area contributed by atoms with E-state index in [2.05, 4.69) is 25.7 Å². The third-order valence-corrected chi connectivity index (χ3v) is 3.44. The van der Waals surface area contributed by atoms with Crippen LogP contribution < -0.4 is 5.73 Å². The van der Waals surface area contributed by atoms with Crippen molar-refractivity contribution < 1.29 is 9.47 Å². The monoisotopic (exact) mass is 230 g/mol. The number of methoxy groups -OCH3 is 1. The highest BCUT2D eigenvalue weighted by Crippen LogP contribution is 2.25. The molecule has 2 unspecified atom stereocenters. The van der Waals surface area contributed by atoms with E-state index in [1.54, 1.807) is 7.11 Å². The Labute approximate surface area is 99.1 Å². The molecule has 2 N–H and O–H groups in total. The van der Waals surface area contributed by atoms with Crippen LogP contribution in [0.25, 0.3) is 0 Å². The van der Waals surface area contributed by atoms with Crippen molar-refractivity contribution in [2.24, 2.45) is 11.7 Å². The van der Waals surface area contributed by atoms with Crippen molar-refractivity contribution in [3.05, 3.63) is 0 Å². The van der Waals surface area contributed by atoms with Crippen molar-refractivity contribution in [1.82, 2.24) is 4.90 Å². The lowest BCUT2D eigenvalue weighted by Crippen LogP contribution is -2.61. The normalized spacial score (nSPS) is 25.3. The van der Waals surface area contributed by atoms with Crippen LogP contribution in [-0.2, 0) is 9.47 Å². The van der Waals surface area contributed by atoms with Crippen LogP contribution >= 0.6 is 0 Å². The van der Waals surface area contributed by atoms with E-state index in [1.807, 2.05) is 0 Å². The van der Waals surface area contributed by atoms with Crippen molar-refractivity contribution in [3.63, 3.8) is 0 Å². The molecule has 1 aliphatic rings. The molecule has 4 heteroatoms. The third kappa shape index (κ3) is 3.17. The largest absolute Gasteiger partial charge is 0.384 e. The quantitative estimate of drug-likeness (QED) is 0.755. The van der Waals surface area contributed by atoms with Crippen molar-refractivity contribution in [2.75, 3.05) is 40.0 Å². The Kier molecular flexibility index (Phi) is 5.18. The Morgan fingerprint density at radius 1 is 1.50 bits per heavy atom. The number of morpholine rings is 1. The fraction of sp³-hybridized carbons (Fsp3) is 1.00. The maximum absolute atomic E-state index is 5.92. The fourth-order valence-corrected chi connectivity index (χ4v) is 2.53. The van der Waals surface area contributed by atoms with Gasteiger partial charge in [-0.3, -0.25) is 4.90 Å². The number of nitrogens with two attached hydrogens (primary N) is 1. The Morgan fingerprint density at radius 3 is 2.69 bits per heavy atom. The van der Waals surface area contributed by atoms with Crippen LogP contribution in [0.3, 0.4) is 0 Å². The molecule has 16 heavy (non-hydrogen) atoms. The molecule has 1 saturated heterocycles. The summed E-state index contributed by atoms with van der Waals surface area (Å²) in [5.74, 6) is 0.451. The van der Waals surface area contributed by atoms with Crippen LogP contribution in [0.4, 0.5) is 0 Å². The van der Waals surface area contributed by atoms with Gasteiger partial charge in [0.15, 0.2) is 0 Å². The zero-order valence-corrected chi connectivity index (χ0v) is 11.0. The summed E-state index contributed by atoms with van der Waals surface area (Å²) >= 11 is 0. The van der Waals surface area contributed by atoms with Gasteiger partial charge in [0.2, 0.25) is 0 Å². The van der Waals surface area contributed by atoms with E-state index in [-0.39, 0.29) is 5.54 Å². The van der Waals surface area contributed by atoms with E-state index in [0.29, 0.717) is 18.5 Å². The van der Waals surface area contributed by atoms with Crippen LogP contribution in [0.2, 0.25) is 0 Å². The molecule has 0 aromatic carbocycles. The zero-order valence-electron chi connectivity index (χ0n) is 11.0. The summed E-state index contributed by atoms with van der Waals surface area (Å²) in [6.07, 6.45) is 0. The minimum Gasteiger partial charge on any atom is -0.384 e. The minimum atomic E-state index is 0.0737. The number of hydrogen-bond acceptors (Lipinski definition) is 4. The fourth-order valence-electron chi connectivity index (χ4n) is 2.53. The molecule has 0 bridgehead atoms. The molecule has 0 radical (unpaired) electrons. The van der Waals surface area contributed by atoms with E-state index in [4.69, 9.17) is 15.2 Å². The van der Waals surface area contributed by atoms with Gasteiger partial charge in [0.1, 0.15) is 0 Å². The van der Waals surface area contributed by atoms with E-state index < -0.39 is 0 Å². The smallest absolute Gasteiger partial charge is 0.0645 e. The molecule has 0 aromatic heterocycles. The summed E-state index contributed by atoms with van der Waals surface area (Å²) in [6.45, 7) is 10.6. The standard InChI is InChI=1S/C12H26N2O2/c1-10(8-15-4)11(7-13)14-5-6-16-9-12(14,2)3/h10-11H,5-9,13H2,1-4H3. The molecule has 0 amide bonds. The summed E-state index contributed by atoms with van der Waals surface area (Å²) in [5, 5.41) is 0. The van der Waals surface area contributed by atoms with E-state index in [9.17, 15) is 0 Å². The number of hydrogen-bond donors (Lipinski definition) is 1. The maximum Gasteiger partial charge on any atom is 0.0645 e. The molecule has 1 rings (SSSR count). The lowest BCUT2D eigenvalue weighted by molar-refractivity contribution is -0.0844. The summed E-state index contributed by atoms with van der Waals surface area (Å²) in [6, 6.07) is 0.374. The summed E-state index contributed by atoms with van der Waals surface area (Å²) < 4.78 is 10.8. The van der Waals surface area contributed by atoms with E-state index in [0.717, 1.165) is 26.4 Å².